The van der Waals surface area contributed by atoms with Crippen LogP contribution >= 0.6 is 0 Å². The highest BCUT2D eigenvalue weighted by atomic mass is 16.5. The molecule has 1 atom stereocenters. The van der Waals surface area contributed by atoms with Gasteiger partial charge in [0.2, 0.25) is 5.91 Å². The van der Waals surface area contributed by atoms with Crippen molar-refractivity contribution in [1.82, 2.24) is 5.32 Å². The van der Waals surface area contributed by atoms with E-state index in [2.05, 4.69) is 19.2 Å². The molecule has 0 radical (unpaired) electrons. The maximum atomic E-state index is 11.9. The number of hydrogen-bond donors (Lipinski definition) is 1. The second kappa shape index (κ2) is 17.8. The van der Waals surface area contributed by atoms with Gasteiger partial charge in [0.15, 0.2) is 0 Å². The van der Waals surface area contributed by atoms with Crippen molar-refractivity contribution >= 4 is 11.9 Å². The van der Waals surface area contributed by atoms with Crippen LogP contribution in [-0.4, -0.2) is 24.5 Å². The van der Waals surface area contributed by atoms with Gasteiger partial charge < -0.3 is 10.1 Å². The Morgan fingerprint density at radius 3 is 1.80 bits per heavy atom. The quantitative estimate of drug-likeness (QED) is 0.275. The summed E-state index contributed by atoms with van der Waals surface area (Å²) in [4.78, 5) is 23.7. The molecule has 0 saturated heterocycles. The van der Waals surface area contributed by atoms with Crippen molar-refractivity contribution in [2.24, 2.45) is 0 Å². The zero-order valence-corrected chi connectivity index (χ0v) is 16.9. The molecule has 25 heavy (non-hydrogen) atoms. The summed E-state index contributed by atoms with van der Waals surface area (Å²) in [6.07, 6.45) is 15.9. The first-order chi connectivity index (χ1) is 12.1. The maximum Gasteiger partial charge on any atom is 0.328 e. The van der Waals surface area contributed by atoms with Crippen LogP contribution in [-0.2, 0) is 14.3 Å². The van der Waals surface area contributed by atoms with Gasteiger partial charge in [-0.1, -0.05) is 84.5 Å². The average molecular weight is 356 g/mol. The van der Waals surface area contributed by atoms with E-state index in [1.54, 1.807) is 6.92 Å². The molecule has 0 rings (SSSR count). The second-order valence-electron chi connectivity index (χ2n) is 7.10. The summed E-state index contributed by atoms with van der Waals surface area (Å²) in [5.41, 5.74) is 0. The molecule has 0 aliphatic carbocycles. The Bertz CT molecular complexity index is 331. The molecule has 0 aromatic rings. The lowest BCUT2D eigenvalue weighted by molar-refractivity contribution is -0.147. The molecule has 4 heteroatoms. The van der Waals surface area contributed by atoms with Crippen LogP contribution in [0.5, 0.6) is 0 Å². The molecule has 0 saturated carbocycles. The summed E-state index contributed by atoms with van der Waals surface area (Å²) in [6.45, 7) is 6.54. The number of esters is 1. The van der Waals surface area contributed by atoms with Crippen molar-refractivity contribution in [2.75, 3.05) is 6.61 Å². The van der Waals surface area contributed by atoms with E-state index in [4.69, 9.17) is 4.74 Å². The largest absolute Gasteiger partial charge is 0.464 e. The fourth-order valence-corrected chi connectivity index (χ4v) is 2.80. The zero-order valence-electron chi connectivity index (χ0n) is 16.9. The third kappa shape index (κ3) is 16.2. The number of amides is 1. The van der Waals surface area contributed by atoms with E-state index < -0.39 is 6.04 Å². The van der Waals surface area contributed by atoms with Gasteiger partial charge >= 0.3 is 5.97 Å². The van der Waals surface area contributed by atoms with Crippen molar-refractivity contribution in [3.05, 3.63) is 0 Å². The molecule has 0 aromatic heterocycles. The van der Waals surface area contributed by atoms with Crippen LogP contribution in [0.4, 0.5) is 0 Å². The van der Waals surface area contributed by atoms with Crippen LogP contribution in [0.2, 0.25) is 0 Å². The van der Waals surface area contributed by atoms with Gasteiger partial charge in [-0.3, -0.25) is 4.79 Å². The van der Waals surface area contributed by atoms with E-state index in [0.717, 1.165) is 25.7 Å². The molecule has 0 fully saturated rings. The first-order valence-corrected chi connectivity index (χ1v) is 10.6. The molecule has 0 aromatic carbocycles. The standard InChI is InChI=1S/C21H41NO3/c1-4-6-8-10-11-12-13-14-15-17-20(23)22-19(3)21(24)25-18-16-9-7-5-2/h19H,4-18H2,1-3H3,(H,22,23)/t19-/m0/s1. The predicted molar refractivity (Wildman–Crippen MR) is 105 cm³/mol. The fourth-order valence-electron chi connectivity index (χ4n) is 2.80. The van der Waals surface area contributed by atoms with E-state index in [1.165, 1.54) is 57.8 Å². The lowest BCUT2D eigenvalue weighted by Gasteiger charge is -2.13. The molecule has 4 nitrogen and oxygen atoms in total. The van der Waals surface area contributed by atoms with Gasteiger partial charge in [-0.05, 0) is 19.8 Å². The number of rotatable bonds is 17. The van der Waals surface area contributed by atoms with E-state index in [1.807, 2.05) is 0 Å². The van der Waals surface area contributed by atoms with Crippen LogP contribution in [0, 0.1) is 0 Å². The summed E-state index contributed by atoms with van der Waals surface area (Å²) < 4.78 is 5.20. The first-order valence-electron chi connectivity index (χ1n) is 10.6. The van der Waals surface area contributed by atoms with Crippen LogP contribution in [0.25, 0.3) is 0 Å². The summed E-state index contributed by atoms with van der Waals surface area (Å²) in [5.74, 6) is -0.365. The predicted octanol–water partition coefficient (Wildman–Crippen LogP) is 5.54. The molecule has 0 unspecified atom stereocenters. The van der Waals surface area contributed by atoms with Crippen molar-refractivity contribution in [2.45, 2.75) is 117 Å². The molecule has 0 aliphatic rings. The molecule has 148 valence electrons. The zero-order chi connectivity index (χ0) is 18.8. The van der Waals surface area contributed by atoms with Gasteiger partial charge in [0.1, 0.15) is 6.04 Å². The highest BCUT2D eigenvalue weighted by Crippen LogP contribution is 2.10. The SMILES string of the molecule is CCCCCCCCCCCC(=O)N[C@@H](C)C(=O)OCCCCCC. The second-order valence-corrected chi connectivity index (χ2v) is 7.10. The highest BCUT2D eigenvalue weighted by molar-refractivity contribution is 5.84. The lowest BCUT2D eigenvalue weighted by atomic mass is 10.1. The minimum atomic E-state index is -0.544. The van der Waals surface area contributed by atoms with E-state index >= 15 is 0 Å². The van der Waals surface area contributed by atoms with Gasteiger partial charge in [-0.2, -0.15) is 0 Å². The van der Waals surface area contributed by atoms with Crippen molar-refractivity contribution in [3.63, 3.8) is 0 Å². The number of carbonyl (C=O) groups is 2. The topological polar surface area (TPSA) is 55.4 Å². The Morgan fingerprint density at radius 1 is 0.760 bits per heavy atom. The van der Waals surface area contributed by atoms with Crippen LogP contribution < -0.4 is 5.32 Å². The highest BCUT2D eigenvalue weighted by Gasteiger charge is 2.16. The molecular weight excluding hydrogens is 314 g/mol. The smallest absolute Gasteiger partial charge is 0.328 e. The molecule has 0 bridgehead atoms. The molecular formula is C21H41NO3. The van der Waals surface area contributed by atoms with E-state index in [9.17, 15) is 9.59 Å². The minimum Gasteiger partial charge on any atom is -0.464 e. The summed E-state index contributed by atoms with van der Waals surface area (Å²) in [7, 11) is 0. The van der Waals surface area contributed by atoms with E-state index in [0.29, 0.717) is 13.0 Å². The van der Waals surface area contributed by atoms with Crippen LogP contribution in [0.15, 0.2) is 0 Å². The molecule has 1 N–H and O–H groups in total. The normalized spacial score (nSPS) is 12.0. The number of carbonyl (C=O) groups excluding carboxylic acids is 2. The summed E-state index contributed by atoms with van der Waals surface area (Å²) >= 11 is 0. The van der Waals surface area contributed by atoms with Crippen molar-refractivity contribution in [3.8, 4) is 0 Å². The van der Waals surface area contributed by atoms with Gasteiger partial charge in [0.05, 0.1) is 6.61 Å². The Balaban J connectivity index is 3.52. The summed E-state index contributed by atoms with van der Waals surface area (Å²) in [6, 6.07) is -0.544. The Morgan fingerprint density at radius 2 is 1.24 bits per heavy atom. The van der Waals surface area contributed by atoms with Gasteiger partial charge in [-0.25, -0.2) is 4.79 Å². The minimum absolute atomic E-state index is 0.0432. The Labute approximate surface area is 155 Å². The maximum absolute atomic E-state index is 11.9. The number of unbranched alkanes of at least 4 members (excludes halogenated alkanes) is 11. The molecule has 0 aliphatic heterocycles. The van der Waals surface area contributed by atoms with Gasteiger partial charge in [0.25, 0.3) is 0 Å². The van der Waals surface area contributed by atoms with Crippen molar-refractivity contribution in [1.29, 1.82) is 0 Å². The Kier molecular flexibility index (Phi) is 17.0. The fraction of sp³-hybridized carbons (Fsp3) is 0.905. The number of ether oxygens (including phenoxy) is 1. The van der Waals surface area contributed by atoms with E-state index in [-0.39, 0.29) is 11.9 Å². The van der Waals surface area contributed by atoms with Gasteiger partial charge in [0, 0.05) is 6.42 Å². The summed E-state index contributed by atoms with van der Waals surface area (Å²) in [5, 5.41) is 2.74. The van der Waals surface area contributed by atoms with Crippen LogP contribution in [0.1, 0.15) is 111 Å². The third-order valence-corrected chi connectivity index (χ3v) is 4.48. The van der Waals surface area contributed by atoms with Crippen molar-refractivity contribution < 1.29 is 14.3 Å². The molecule has 0 spiro atoms. The third-order valence-electron chi connectivity index (χ3n) is 4.48. The average Bonchev–Trinajstić information content (AvgIpc) is 2.59. The lowest BCUT2D eigenvalue weighted by Crippen LogP contribution is -2.39. The first kappa shape index (κ1) is 23.9. The monoisotopic (exact) mass is 355 g/mol. The molecule has 0 heterocycles. The molecule has 1 amide bonds. The Hall–Kier alpha value is -1.06. The van der Waals surface area contributed by atoms with Gasteiger partial charge in [-0.15, -0.1) is 0 Å². The number of hydrogen-bond acceptors (Lipinski definition) is 3. The van der Waals surface area contributed by atoms with Crippen LogP contribution in [0.3, 0.4) is 0 Å². The number of nitrogens with one attached hydrogen (secondary N) is 1.